The van der Waals surface area contributed by atoms with Crippen LogP contribution in [0.2, 0.25) is 0 Å². The maximum Gasteiger partial charge on any atom is 0.337 e. The van der Waals surface area contributed by atoms with E-state index in [2.05, 4.69) is 14.9 Å². The largest absolute Gasteiger partial charge is 0.465 e. The van der Waals surface area contributed by atoms with Gasteiger partial charge in [0.05, 0.1) is 24.8 Å². The van der Waals surface area contributed by atoms with Crippen molar-refractivity contribution in [3.05, 3.63) is 42.2 Å². The third kappa shape index (κ3) is 4.52. The highest BCUT2D eigenvalue weighted by molar-refractivity contribution is 5.89. The van der Waals surface area contributed by atoms with Crippen LogP contribution in [0, 0.1) is 0 Å². The molecule has 2 aromatic rings. The monoisotopic (exact) mass is 387 g/mol. The summed E-state index contributed by atoms with van der Waals surface area (Å²) < 4.78 is 12.5. The Bertz CT molecular complexity index is 676. The van der Waals surface area contributed by atoms with Crippen LogP contribution < -0.4 is 5.32 Å². The van der Waals surface area contributed by atoms with Gasteiger partial charge >= 0.3 is 5.97 Å². The zero-order chi connectivity index (χ0) is 16.2. The average molecular weight is 388 g/mol. The number of carbonyl (C=O) groups excluding carboxylic acids is 1. The standard InChI is InChI=1S/C17H21N3O3.2ClH/c1-22-15-7-8-18-11-14(15)20-10-9-19-16(20)12-3-5-13(6-4-12)17(21)23-2;;/h3-6,9-10,14-15,18H,7-8,11H2,1-2H3;2*1H/t14-,15+;;/m1../s1. The molecule has 1 aliphatic heterocycles. The van der Waals surface area contributed by atoms with E-state index in [1.165, 1.54) is 7.11 Å². The predicted octanol–water partition coefficient (Wildman–Crippen LogP) is 2.73. The number of rotatable bonds is 4. The Morgan fingerprint density at radius 3 is 2.60 bits per heavy atom. The van der Waals surface area contributed by atoms with Gasteiger partial charge in [-0.2, -0.15) is 0 Å². The molecule has 0 saturated carbocycles. The molecule has 1 aromatic carbocycles. The lowest BCUT2D eigenvalue weighted by atomic mass is 10.0. The van der Waals surface area contributed by atoms with Gasteiger partial charge in [-0.1, -0.05) is 12.1 Å². The van der Waals surface area contributed by atoms with Crippen LogP contribution in [0.4, 0.5) is 0 Å². The molecular formula is C17H23Cl2N3O3. The van der Waals surface area contributed by atoms with Crippen LogP contribution in [-0.2, 0) is 9.47 Å². The number of halogens is 2. The van der Waals surface area contributed by atoms with Gasteiger partial charge in [-0.25, -0.2) is 9.78 Å². The number of methoxy groups -OCH3 is 2. The number of imidazole rings is 1. The van der Waals surface area contributed by atoms with E-state index in [1.54, 1.807) is 25.4 Å². The van der Waals surface area contributed by atoms with Crippen molar-refractivity contribution in [3.63, 3.8) is 0 Å². The molecule has 2 heterocycles. The van der Waals surface area contributed by atoms with Gasteiger partial charge in [-0.3, -0.25) is 0 Å². The molecule has 0 amide bonds. The van der Waals surface area contributed by atoms with Crippen LogP contribution >= 0.6 is 24.8 Å². The predicted molar refractivity (Wildman–Crippen MR) is 101 cm³/mol. The summed E-state index contributed by atoms with van der Waals surface area (Å²) in [5.41, 5.74) is 1.49. The molecule has 0 aliphatic carbocycles. The molecule has 1 aromatic heterocycles. The zero-order valence-electron chi connectivity index (χ0n) is 14.2. The Balaban J connectivity index is 0.00000156. The average Bonchev–Trinajstić information content (AvgIpc) is 3.10. The molecule has 0 spiro atoms. The summed E-state index contributed by atoms with van der Waals surface area (Å²) in [5.74, 6) is 0.535. The summed E-state index contributed by atoms with van der Waals surface area (Å²) in [5, 5.41) is 3.41. The van der Waals surface area contributed by atoms with E-state index < -0.39 is 0 Å². The normalized spacial score (nSPS) is 19.4. The van der Waals surface area contributed by atoms with E-state index in [0.717, 1.165) is 30.9 Å². The number of benzene rings is 1. The third-order valence-corrected chi connectivity index (χ3v) is 4.28. The number of piperidine rings is 1. The topological polar surface area (TPSA) is 65.4 Å². The Morgan fingerprint density at radius 2 is 1.96 bits per heavy atom. The summed E-state index contributed by atoms with van der Waals surface area (Å²) in [7, 11) is 3.13. The van der Waals surface area contributed by atoms with Crippen molar-refractivity contribution in [1.29, 1.82) is 0 Å². The molecular weight excluding hydrogens is 365 g/mol. The Morgan fingerprint density at radius 1 is 1.24 bits per heavy atom. The molecule has 3 rings (SSSR count). The second-order valence-electron chi connectivity index (χ2n) is 5.56. The highest BCUT2D eigenvalue weighted by atomic mass is 35.5. The van der Waals surface area contributed by atoms with E-state index in [9.17, 15) is 4.79 Å². The molecule has 0 unspecified atom stereocenters. The van der Waals surface area contributed by atoms with Crippen molar-refractivity contribution in [2.24, 2.45) is 0 Å². The molecule has 138 valence electrons. The number of ether oxygens (including phenoxy) is 2. The second kappa shape index (κ2) is 9.77. The van der Waals surface area contributed by atoms with Crippen LogP contribution in [0.15, 0.2) is 36.7 Å². The van der Waals surface area contributed by atoms with Gasteiger partial charge < -0.3 is 19.4 Å². The van der Waals surface area contributed by atoms with Crippen molar-refractivity contribution < 1.29 is 14.3 Å². The Labute approximate surface area is 159 Å². The first-order valence-electron chi connectivity index (χ1n) is 7.69. The summed E-state index contributed by atoms with van der Waals surface area (Å²) in [4.78, 5) is 16.0. The Hall–Kier alpha value is -1.60. The van der Waals surface area contributed by atoms with Crippen LogP contribution in [0.25, 0.3) is 11.4 Å². The summed E-state index contributed by atoms with van der Waals surface area (Å²) in [6.07, 6.45) is 4.91. The van der Waals surface area contributed by atoms with E-state index >= 15 is 0 Å². The fraction of sp³-hybridized carbons (Fsp3) is 0.412. The first kappa shape index (κ1) is 21.4. The molecule has 6 nitrogen and oxygen atoms in total. The fourth-order valence-corrected chi connectivity index (χ4v) is 3.05. The zero-order valence-corrected chi connectivity index (χ0v) is 15.8. The number of esters is 1. The molecule has 2 atom stereocenters. The number of hydrogen-bond donors (Lipinski definition) is 1. The number of nitrogens with zero attached hydrogens (tertiary/aromatic N) is 2. The molecule has 1 N–H and O–H groups in total. The Kier molecular flexibility index (Phi) is 8.38. The van der Waals surface area contributed by atoms with E-state index in [1.807, 2.05) is 18.3 Å². The smallest absolute Gasteiger partial charge is 0.337 e. The number of carbonyl (C=O) groups is 1. The molecule has 0 radical (unpaired) electrons. The van der Waals surface area contributed by atoms with Crippen LogP contribution in [0.5, 0.6) is 0 Å². The van der Waals surface area contributed by atoms with Gasteiger partial charge in [-0.05, 0) is 25.1 Å². The van der Waals surface area contributed by atoms with Crippen LogP contribution in [-0.4, -0.2) is 48.9 Å². The van der Waals surface area contributed by atoms with Crippen LogP contribution in [0.1, 0.15) is 22.8 Å². The molecule has 1 fully saturated rings. The fourth-order valence-electron chi connectivity index (χ4n) is 3.05. The van der Waals surface area contributed by atoms with Crippen molar-refractivity contribution >= 4 is 30.8 Å². The van der Waals surface area contributed by atoms with Gasteiger partial charge in [0.25, 0.3) is 0 Å². The highest BCUT2D eigenvalue weighted by Crippen LogP contribution is 2.27. The third-order valence-electron chi connectivity index (χ3n) is 4.28. The maximum atomic E-state index is 11.5. The maximum absolute atomic E-state index is 11.5. The van der Waals surface area contributed by atoms with Crippen molar-refractivity contribution in [2.45, 2.75) is 18.6 Å². The first-order chi connectivity index (χ1) is 11.2. The highest BCUT2D eigenvalue weighted by Gasteiger charge is 2.27. The summed E-state index contributed by atoms with van der Waals surface area (Å²) in [6.45, 7) is 1.81. The summed E-state index contributed by atoms with van der Waals surface area (Å²) in [6, 6.07) is 7.50. The number of nitrogens with one attached hydrogen (secondary N) is 1. The minimum Gasteiger partial charge on any atom is -0.465 e. The van der Waals surface area contributed by atoms with Gasteiger partial charge in [-0.15, -0.1) is 24.8 Å². The molecule has 1 aliphatic rings. The lowest BCUT2D eigenvalue weighted by molar-refractivity contribution is 0.0365. The molecule has 25 heavy (non-hydrogen) atoms. The van der Waals surface area contributed by atoms with Gasteiger partial charge in [0.2, 0.25) is 0 Å². The SMILES string of the molecule is COC(=O)c1ccc(-c2nccn2[C@@H]2CNCC[C@@H]2OC)cc1.Cl.Cl. The second-order valence-corrected chi connectivity index (χ2v) is 5.56. The lowest BCUT2D eigenvalue weighted by Gasteiger charge is -2.33. The van der Waals surface area contributed by atoms with Gasteiger partial charge in [0, 0.05) is 31.6 Å². The van der Waals surface area contributed by atoms with Gasteiger partial charge in [0.15, 0.2) is 0 Å². The lowest BCUT2D eigenvalue weighted by Crippen LogP contribution is -2.42. The van der Waals surface area contributed by atoms with E-state index in [4.69, 9.17) is 9.47 Å². The summed E-state index contributed by atoms with van der Waals surface area (Å²) >= 11 is 0. The minimum absolute atomic E-state index is 0. The quantitative estimate of drug-likeness (QED) is 0.816. The van der Waals surface area contributed by atoms with Crippen LogP contribution in [0.3, 0.4) is 0 Å². The van der Waals surface area contributed by atoms with Crippen molar-refractivity contribution in [2.75, 3.05) is 27.3 Å². The molecule has 8 heteroatoms. The van der Waals surface area contributed by atoms with Crippen molar-refractivity contribution in [3.8, 4) is 11.4 Å². The van der Waals surface area contributed by atoms with E-state index in [0.29, 0.717) is 5.56 Å². The number of aromatic nitrogens is 2. The molecule has 0 bridgehead atoms. The number of hydrogen-bond acceptors (Lipinski definition) is 5. The first-order valence-corrected chi connectivity index (χ1v) is 7.69. The van der Waals surface area contributed by atoms with Crippen molar-refractivity contribution in [1.82, 2.24) is 14.9 Å². The van der Waals surface area contributed by atoms with E-state index in [-0.39, 0.29) is 42.9 Å². The molecule has 1 saturated heterocycles. The minimum atomic E-state index is -0.337. The van der Waals surface area contributed by atoms with Gasteiger partial charge in [0.1, 0.15) is 5.82 Å².